The van der Waals surface area contributed by atoms with E-state index in [1.165, 1.54) is 7.11 Å². The summed E-state index contributed by atoms with van der Waals surface area (Å²) < 4.78 is 5.11. The highest BCUT2D eigenvalue weighted by molar-refractivity contribution is 5.90. The number of aldehydes is 1. The molecule has 0 radical (unpaired) electrons. The minimum absolute atomic E-state index is 0.160. The fraction of sp³-hybridized carbons (Fsp3) is 0.0556. The molecule has 0 aliphatic heterocycles. The molecule has 0 spiro atoms. The molecular formula is C18H14O4. The molecule has 3 aromatic rings. The molecule has 0 bridgehead atoms. The maximum atomic E-state index is 11.1. The van der Waals surface area contributed by atoms with Gasteiger partial charge in [-0.2, -0.15) is 0 Å². The molecule has 0 aromatic heterocycles. The van der Waals surface area contributed by atoms with Crippen molar-refractivity contribution in [2.24, 2.45) is 0 Å². The number of fused-ring (bicyclic) bond motifs is 1. The van der Waals surface area contributed by atoms with Crippen molar-refractivity contribution in [3.05, 3.63) is 54.1 Å². The first kappa shape index (κ1) is 13.9. The zero-order valence-corrected chi connectivity index (χ0v) is 11.9. The Bertz CT molecular complexity index is 868. The van der Waals surface area contributed by atoms with Crippen LogP contribution < -0.4 is 4.74 Å². The molecule has 0 atom stereocenters. The van der Waals surface area contributed by atoms with E-state index in [0.29, 0.717) is 6.29 Å². The van der Waals surface area contributed by atoms with Gasteiger partial charge in [0, 0.05) is 0 Å². The average molecular weight is 294 g/mol. The molecule has 0 heterocycles. The van der Waals surface area contributed by atoms with E-state index < -0.39 is 0 Å². The summed E-state index contributed by atoms with van der Waals surface area (Å²) in [6.07, 6.45) is 0.598. The van der Waals surface area contributed by atoms with Gasteiger partial charge in [-0.05, 0) is 52.2 Å². The van der Waals surface area contributed by atoms with Gasteiger partial charge in [0.05, 0.1) is 12.7 Å². The van der Waals surface area contributed by atoms with E-state index >= 15 is 0 Å². The maximum Gasteiger partial charge on any atom is 0.168 e. The van der Waals surface area contributed by atoms with Crippen LogP contribution in [0, 0.1) is 0 Å². The average Bonchev–Trinajstić information content (AvgIpc) is 2.54. The van der Waals surface area contributed by atoms with Gasteiger partial charge in [0.2, 0.25) is 0 Å². The Morgan fingerprint density at radius 3 is 2.36 bits per heavy atom. The molecule has 22 heavy (non-hydrogen) atoms. The van der Waals surface area contributed by atoms with Gasteiger partial charge in [0.15, 0.2) is 17.8 Å². The van der Waals surface area contributed by atoms with E-state index in [0.717, 1.165) is 21.9 Å². The third-order valence-electron chi connectivity index (χ3n) is 3.61. The number of phenolic OH excluding ortho intramolecular Hbond substituents is 2. The Morgan fingerprint density at radius 2 is 1.64 bits per heavy atom. The van der Waals surface area contributed by atoms with Crippen molar-refractivity contribution >= 4 is 17.1 Å². The van der Waals surface area contributed by atoms with E-state index in [4.69, 9.17) is 4.74 Å². The number of carbonyl (C=O) groups excluding carboxylic acids is 1. The summed E-state index contributed by atoms with van der Waals surface area (Å²) in [6.45, 7) is 0. The van der Waals surface area contributed by atoms with E-state index in [2.05, 4.69) is 0 Å². The predicted octanol–water partition coefficient (Wildman–Crippen LogP) is 3.74. The van der Waals surface area contributed by atoms with E-state index in [1.54, 1.807) is 24.3 Å². The second-order valence-corrected chi connectivity index (χ2v) is 4.98. The smallest absolute Gasteiger partial charge is 0.168 e. The predicted molar refractivity (Wildman–Crippen MR) is 84.7 cm³/mol. The molecular weight excluding hydrogens is 280 g/mol. The number of aromatic hydroxyl groups is 2. The van der Waals surface area contributed by atoms with Crippen LogP contribution in [0.3, 0.4) is 0 Å². The lowest BCUT2D eigenvalue weighted by Crippen LogP contribution is -1.91. The molecule has 4 nitrogen and oxygen atoms in total. The Morgan fingerprint density at radius 1 is 0.909 bits per heavy atom. The van der Waals surface area contributed by atoms with Gasteiger partial charge in [0.25, 0.3) is 0 Å². The monoisotopic (exact) mass is 294 g/mol. The van der Waals surface area contributed by atoms with Crippen LogP contribution in [-0.2, 0) is 0 Å². The second-order valence-electron chi connectivity index (χ2n) is 4.98. The molecule has 0 aliphatic rings. The summed E-state index contributed by atoms with van der Waals surface area (Å²) in [5, 5.41) is 21.3. The molecule has 4 heteroatoms. The van der Waals surface area contributed by atoms with Gasteiger partial charge < -0.3 is 14.9 Å². The van der Waals surface area contributed by atoms with Gasteiger partial charge in [-0.25, -0.2) is 0 Å². The van der Waals surface area contributed by atoms with Gasteiger partial charge in [-0.3, -0.25) is 4.79 Å². The molecule has 0 unspecified atom stereocenters. The molecule has 3 aromatic carbocycles. The molecule has 2 N–H and O–H groups in total. The number of ether oxygens (including phenoxy) is 1. The third kappa shape index (κ3) is 2.35. The second kappa shape index (κ2) is 5.41. The fourth-order valence-electron chi connectivity index (χ4n) is 2.45. The Labute approximate surface area is 127 Å². The van der Waals surface area contributed by atoms with Gasteiger partial charge in [-0.1, -0.05) is 18.2 Å². The van der Waals surface area contributed by atoms with Crippen LogP contribution in [0.15, 0.2) is 48.5 Å². The first-order valence-electron chi connectivity index (χ1n) is 6.71. The van der Waals surface area contributed by atoms with Crippen molar-refractivity contribution in [3.8, 4) is 28.4 Å². The van der Waals surface area contributed by atoms with Crippen molar-refractivity contribution in [2.45, 2.75) is 0 Å². The lowest BCUT2D eigenvalue weighted by atomic mass is 9.99. The maximum absolute atomic E-state index is 11.1. The van der Waals surface area contributed by atoms with Crippen LogP contribution in [-0.4, -0.2) is 23.6 Å². The van der Waals surface area contributed by atoms with Crippen molar-refractivity contribution in [1.29, 1.82) is 0 Å². The van der Waals surface area contributed by atoms with E-state index in [-0.39, 0.29) is 22.8 Å². The van der Waals surface area contributed by atoms with Crippen molar-refractivity contribution in [1.82, 2.24) is 0 Å². The van der Waals surface area contributed by atoms with Crippen LogP contribution in [0.1, 0.15) is 10.4 Å². The molecule has 110 valence electrons. The van der Waals surface area contributed by atoms with Gasteiger partial charge >= 0.3 is 0 Å². The first-order chi connectivity index (χ1) is 10.6. The molecule has 0 aliphatic carbocycles. The number of hydrogen-bond acceptors (Lipinski definition) is 4. The number of carbonyl (C=O) groups is 1. The number of rotatable bonds is 3. The molecule has 0 saturated heterocycles. The van der Waals surface area contributed by atoms with Gasteiger partial charge in [0.1, 0.15) is 5.75 Å². The highest BCUT2D eigenvalue weighted by Gasteiger charge is 2.11. The zero-order valence-electron chi connectivity index (χ0n) is 11.9. The van der Waals surface area contributed by atoms with Crippen LogP contribution in [0.4, 0.5) is 0 Å². The molecule has 3 rings (SSSR count). The molecule has 0 amide bonds. The summed E-state index contributed by atoms with van der Waals surface area (Å²) in [6, 6.07) is 14.2. The SMILES string of the molecule is COc1cc(-c2ccc3cc(O)ccc3c2)cc(C=O)c1O. The standard InChI is InChI=1S/C18H14O4/c1-22-17-9-14(7-15(10-19)18(17)21)12-2-3-13-8-16(20)5-4-11(13)6-12/h2-10,20-21H,1H3. The number of hydrogen-bond donors (Lipinski definition) is 2. The summed E-state index contributed by atoms with van der Waals surface area (Å²) in [5.41, 5.74) is 1.84. The molecule has 0 fully saturated rings. The highest BCUT2D eigenvalue weighted by Crippen LogP contribution is 2.35. The van der Waals surface area contributed by atoms with Crippen LogP contribution in [0.25, 0.3) is 21.9 Å². The lowest BCUT2D eigenvalue weighted by molar-refractivity contribution is 0.112. The van der Waals surface area contributed by atoms with Crippen molar-refractivity contribution < 1.29 is 19.7 Å². The van der Waals surface area contributed by atoms with Crippen molar-refractivity contribution in [3.63, 3.8) is 0 Å². The Kier molecular flexibility index (Phi) is 3.43. The highest BCUT2D eigenvalue weighted by atomic mass is 16.5. The van der Waals surface area contributed by atoms with E-state index in [1.807, 2.05) is 24.3 Å². The fourth-order valence-corrected chi connectivity index (χ4v) is 2.45. The summed E-state index contributed by atoms with van der Waals surface area (Å²) in [5.74, 6) is 0.312. The number of phenols is 2. The van der Waals surface area contributed by atoms with Crippen LogP contribution >= 0.6 is 0 Å². The quantitative estimate of drug-likeness (QED) is 0.722. The summed E-state index contributed by atoms with van der Waals surface area (Å²) in [4.78, 5) is 11.1. The third-order valence-corrected chi connectivity index (χ3v) is 3.61. The number of methoxy groups -OCH3 is 1. The number of benzene rings is 3. The zero-order chi connectivity index (χ0) is 15.7. The summed E-state index contributed by atoms with van der Waals surface area (Å²) >= 11 is 0. The Balaban J connectivity index is 2.18. The van der Waals surface area contributed by atoms with Gasteiger partial charge in [-0.15, -0.1) is 0 Å². The van der Waals surface area contributed by atoms with Crippen LogP contribution in [0.5, 0.6) is 17.2 Å². The largest absolute Gasteiger partial charge is 0.508 e. The van der Waals surface area contributed by atoms with E-state index in [9.17, 15) is 15.0 Å². The Hall–Kier alpha value is -3.01. The topological polar surface area (TPSA) is 66.8 Å². The van der Waals surface area contributed by atoms with Crippen molar-refractivity contribution in [2.75, 3.05) is 7.11 Å². The molecule has 0 saturated carbocycles. The lowest BCUT2D eigenvalue weighted by Gasteiger charge is -2.10. The minimum Gasteiger partial charge on any atom is -0.508 e. The summed E-state index contributed by atoms with van der Waals surface area (Å²) in [7, 11) is 1.44. The minimum atomic E-state index is -0.160. The normalized spacial score (nSPS) is 10.6. The van der Waals surface area contributed by atoms with Crippen LogP contribution in [0.2, 0.25) is 0 Å². The first-order valence-corrected chi connectivity index (χ1v) is 6.71.